The van der Waals surface area contributed by atoms with Gasteiger partial charge in [0.1, 0.15) is 17.3 Å². The summed E-state index contributed by atoms with van der Waals surface area (Å²) < 4.78 is 7.75. The maximum atomic E-state index is 13.5. The summed E-state index contributed by atoms with van der Waals surface area (Å²) in [5.41, 5.74) is 1.61. The number of nitrogens with one attached hydrogen (secondary N) is 1. The average Bonchev–Trinajstić information content (AvgIpc) is 3.27. The summed E-state index contributed by atoms with van der Waals surface area (Å²) in [5.74, 6) is 2.38. The van der Waals surface area contributed by atoms with Crippen LogP contribution in [0.5, 0.6) is 11.5 Å². The molecule has 3 aromatic rings. The topological polar surface area (TPSA) is 102 Å². The SMILES string of the molecule is Cc1nnnn1CCC(=O)N1CCC2(CC1)Cc1cccc(c1)Oc1cccc(c1)CCNC2=O. The van der Waals surface area contributed by atoms with Crippen LogP contribution in [0.1, 0.15) is 36.2 Å². The maximum absolute atomic E-state index is 13.5. The van der Waals surface area contributed by atoms with Gasteiger partial charge in [-0.15, -0.1) is 5.10 Å². The number of amides is 2. The van der Waals surface area contributed by atoms with Crippen molar-refractivity contribution >= 4 is 11.8 Å². The first-order valence-electron chi connectivity index (χ1n) is 12.2. The van der Waals surface area contributed by atoms with Crippen LogP contribution in [0, 0.1) is 12.3 Å². The molecule has 4 bridgehead atoms. The molecule has 182 valence electrons. The van der Waals surface area contributed by atoms with Gasteiger partial charge in [-0.05, 0) is 78.4 Å². The summed E-state index contributed by atoms with van der Waals surface area (Å²) in [6.07, 6.45) is 2.92. The highest BCUT2D eigenvalue weighted by Gasteiger charge is 2.42. The molecule has 0 saturated carbocycles. The molecular weight excluding hydrogens is 444 g/mol. The molecule has 2 aliphatic heterocycles. The number of ether oxygens (including phenoxy) is 1. The molecule has 9 nitrogen and oxygen atoms in total. The Bertz CT molecular complexity index is 1220. The molecule has 5 rings (SSSR count). The molecule has 2 aliphatic rings. The maximum Gasteiger partial charge on any atom is 0.226 e. The highest BCUT2D eigenvalue weighted by Crippen LogP contribution is 2.37. The molecule has 1 spiro atoms. The zero-order valence-corrected chi connectivity index (χ0v) is 19.9. The highest BCUT2D eigenvalue weighted by atomic mass is 16.5. The van der Waals surface area contributed by atoms with Gasteiger partial charge in [0.15, 0.2) is 0 Å². The number of tetrazole rings is 1. The van der Waals surface area contributed by atoms with E-state index in [2.05, 4.69) is 20.8 Å². The van der Waals surface area contributed by atoms with Crippen LogP contribution in [0.4, 0.5) is 0 Å². The number of likely N-dealkylation sites (tertiary alicyclic amines) is 1. The lowest BCUT2D eigenvalue weighted by molar-refractivity contribution is -0.140. The largest absolute Gasteiger partial charge is 0.457 e. The van der Waals surface area contributed by atoms with Gasteiger partial charge < -0.3 is 15.0 Å². The second-order valence-electron chi connectivity index (χ2n) is 9.44. The molecule has 3 heterocycles. The van der Waals surface area contributed by atoms with Crippen molar-refractivity contribution < 1.29 is 14.3 Å². The van der Waals surface area contributed by atoms with Gasteiger partial charge in [-0.1, -0.05) is 24.3 Å². The van der Waals surface area contributed by atoms with E-state index in [0.717, 1.165) is 29.0 Å². The minimum Gasteiger partial charge on any atom is -0.457 e. The van der Waals surface area contributed by atoms with Crippen LogP contribution >= 0.6 is 0 Å². The number of aromatic nitrogens is 4. The molecule has 0 unspecified atom stereocenters. The predicted molar refractivity (Wildman–Crippen MR) is 129 cm³/mol. The lowest BCUT2D eigenvalue weighted by Crippen LogP contribution is -2.51. The van der Waals surface area contributed by atoms with Gasteiger partial charge >= 0.3 is 0 Å². The Balaban J connectivity index is 1.31. The van der Waals surface area contributed by atoms with Crippen molar-refractivity contribution in [1.82, 2.24) is 30.4 Å². The summed E-state index contributed by atoms with van der Waals surface area (Å²) in [6, 6.07) is 16.0. The molecule has 35 heavy (non-hydrogen) atoms. The van der Waals surface area contributed by atoms with E-state index in [1.54, 1.807) is 4.68 Å². The number of fused-ring (bicyclic) bond motifs is 4. The normalized spacial score (nSPS) is 17.5. The molecule has 1 aromatic heterocycles. The first kappa shape index (κ1) is 23.0. The van der Waals surface area contributed by atoms with Crippen LogP contribution in [-0.4, -0.2) is 56.6 Å². The van der Waals surface area contributed by atoms with E-state index in [0.29, 0.717) is 57.7 Å². The van der Waals surface area contributed by atoms with Crippen LogP contribution in [0.2, 0.25) is 0 Å². The monoisotopic (exact) mass is 474 g/mol. The summed E-state index contributed by atoms with van der Waals surface area (Å²) in [4.78, 5) is 28.3. The fraction of sp³-hybridized carbons (Fsp3) is 0.423. The van der Waals surface area contributed by atoms with Gasteiger partial charge in [0.05, 0.1) is 12.0 Å². The van der Waals surface area contributed by atoms with Crippen molar-refractivity contribution in [1.29, 1.82) is 0 Å². The second-order valence-corrected chi connectivity index (χ2v) is 9.44. The average molecular weight is 475 g/mol. The molecule has 0 radical (unpaired) electrons. The summed E-state index contributed by atoms with van der Waals surface area (Å²) in [6.45, 7) is 3.94. The van der Waals surface area contributed by atoms with Crippen LogP contribution in [0.25, 0.3) is 0 Å². The molecule has 1 fully saturated rings. The van der Waals surface area contributed by atoms with Crippen molar-refractivity contribution in [3.8, 4) is 11.5 Å². The van der Waals surface area contributed by atoms with Gasteiger partial charge in [0, 0.05) is 26.1 Å². The Kier molecular flexibility index (Phi) is 6.48. The van der Waals surface area contributed by atoms with E-state index >= 15 is 0 Å². The van der Waals surface area contributed by atoms with Crippen LogP contribution in [0.3, 0.4) is 0 Å². The fourth-order valence-electron chi connectivity index (χ4n) is 5.00. The lowest BCUT2D eigenvalue weighted by atomic mass is 9.72. The molecule has 0 atom stereocenters. The summed E-state index contributed by atoms with van der Waals surface area (Å²) >= 11 is 0. The Labute approximate surface area is 204 Å². The Hall–Kier alpha value is -3.75. The number of hydrogen-bond donors (Lipinski definition) is 1. The molecule has 1 N–H and O–H groups in total. The summed E-state index contributed by atoms with van der Waals surface area (Å²) in [7, 11) is 0. The van der Waals surface area contributed by atoms with Gasteiger partial charge in [0.2, 0.25) is 11.8 Å². The number of piperidine rings is 1. The smallest absolute Gasteiger partial charge is 0.226 e. The number of nitrogens with zero attached hydrogens (tertiary/aromatic N) is 5. The van der Waals surface area contributed by atoms with Crippen molar-refractivity contribution in [3.63, 3.8) is 0 Å². The van der Waals surface area contributed by atoms with Gasteiger partial charge in [0.25, 0.3) is 0 Å². The van der Waals surface area contributed by atoms with Gasteiger partial charge in [-0.2, -0.15) is 0 Å². The standard InChI is InChI=1S/C26H30N6O3/c1-19-28-29-30-32(19)13-9-24(33)31-14-10-26(11-15-31)18-21-5-3-7-23(17-21)35-22-6-2-4-20(16-22)8-12-27-25(26)34/h2-7,16-17H,8-15,18H2,1H3,(H,27,34). The molecule has 2 aromatic carbocycles. The Morgan fingerprint density at radius 3 is 2.51 bits per heavy atom. The first-order chi connectivity index (χ1) is 17.0. The molecule has 2 amide bonds. The Morgan fingerprint density at radius 2 is 1.80 bits per heavy atom. The van der Waals surface area contributed by atoms with Crippen molar-refractivity contribution in [3.05, 3.63) is 65.5 Å². The van der Waals surface area contributed by atoms with E-state index in [9.17, 15) is 9.59 Å². The first-order valence-corrected chi connectivity index (χ1v) is 12.2. The molecule has 9 heteroatoms. The zero-order chi connectivity index (χ0) is 24.3. The number of carbonyl (C=O) groups is 2. The fourth-order valence-corrected chi connectivity index (χ4v) is 5.00. The van der Waals surface area contributed by atoms with E-state index in [1.165, 1.54) is 0 Å². The third-order valence-corrected chi connectivity index (χ3v) is 7.08. The second kappa shape index (κ2) is 9.85. The van der Waals surface area contributed by atoms with Crippen molar-refractivity contribution in [2.75, 3.05) is 19.6 Å². The number of benzene rings is 2. The van der Waals surface area contributed by atoms with E-state index in [-0.39, 0.29) is 11.8 Å². The van der Waals surface area contributed by atoms with Crippen LogP contribution in [-0.2, 0) is 29.0 Å². The van der Waals surface area contributed by atoms with Crippen molar-refractivity contribution in [2.45, 2.75) is 45.6 Å². The van der Waals surface area contributed by atoms with Crippen LogP contribution < -0.4 is 10.1 Å². The van der Waals surface area contributed by atoms with Gasteiger partial charge in [-0.3, -0.25) is 9.59 Å². The van der Waals surface area contributed by atoms with Crippen LogP contribution in [0.15, 0.2) is 48.5 Å². The third kappa shape index (κ3) is 5.18. The quantitative estimate of drug-likeness (QED) is 0.626. The van der Waals surface area contributed by atoms with E-state index < -0.39 is 5.41 Å². The number of hydrogen-bond acceptors (Lipinski definition) is 6. The molecule has 0 aliphatic carbocycles. The minimum absolute atomic E-state index is 0.0643. The minimum atomic E-state index is -0.561. The van der Waals surface area contributed by atoms with Gasteiger partial charge in [-0.25, -0.2) is 4.68 Å². The van der Waals surface area contributed by atoms with Crippen molar-refractivity contribution in [2.24, 2.45) is 5.41 Å². The molecular formula is C26H30N6O3. The Morgan fingerprint density at radius 1 is 1.09 bits per heavy atom. The van der Waals surface area contributed by atoms with E-state index in [4.69, 9.17) is 4.74 Å². The highest BCUT2D eigenvalue weighted by molar-refractivity contribution is 5.84. The van der Waals surface area contributed by atoms with E-state index in [1.807, 2.05) is 60.4 Å². The summed E-state index contributed by atoms with van der Waals surface area (Å²) in [5, 5.41) is 14.6. The zero-order valence-electron chi connectivity index (χ0n) is 19.9. The number of aryl methyl sites for hydroxylation is 2. The third-order valence-electron chi connectivity index (χ3n) is 7.08. The number of carbonyl (C=O) groups excluding carboxylic acids is 2. The number of rotatable bonds is 3. The molecule has 1 saturated heterocycles. The predicted octanol–water partition coefficient (Wildman–Crippen LogP) is 2.69. The lowest BCUT2D eigenvalue weighted by Gasteiger charge is -2.41.